The maximum absolute atomic E-state index is 9.60. The Morgan fingerprint density at radius 2 is 1.62 bits per heavy atom. The van der Waals surface area contributed by atoms with Crippen molar-refractivity contribution in [1.82, 2.24) is 0 Å². The van der Waals surface area contributed by atoms with E-state index in [1.807, 2.05) is 0 Å². The van der Waals surface area contributed by atoms with Gasteiger partial charge in [0.25, 0.3) is 0 Å². The summed E-state index contributed by atoms with van der Waals surface area (Å²) in [5.41, 5.74) is 2.74. The fraction of sp³-hybridized carbons (Fsp3) is 0.273. The van der Waals surface area contributed by atoms with E-state index in [0.29, 0.717) is 0 Å². The van der Waals surface area contributed by atoms with Crippen molar-refractivity contribution in [3.05, 3.63) is 48.0 Å². The van der Waals surface area contributed by atoms with Gasteiger partial charge in [-0.25, -0.2) is 8.42 Å². The Bertz CT molecular complexity index is 392. The zero-order chi connectivity index (χ0) is 11.9. The average molecular weight is 250 g/mol. The zero-order valence-electron chi connectivity index (χ0n) is 9.93. The minimum atomic E-state index is -4.04. The van der Waals surface area contributed by atoms with Crippen molar-refractivity contribution < 1.29 is 42.5 Å². The van der Waals surface area contributed by atoms with Crippen LogP contribution < -0.4 is 29.6 Å². The van der Waals surface area contributed by atoms with Crippen LogP contribution >= 0.6 is 0 Å². The molecular formula is C11H15NaO3S. The van der Waals surface area contributed by atoms with E-state index in [9.17, 15) is 13.0 Å². The molecule has 1 aromatic rings. The molecule has 16 heavy (non-hydrogen) atoms. The Morgan fingerprint density at radius 3 is 1.75 bits per heavy atom. The molecule has 0 aliphatic heterocycles. The predicted molar refractivity (Wildman–Crippen MR) is 60.7 cm³/mol. The van der Waals surface area contributed by atoms with Crippen LogP contribution in [-0.4, -0.2) is 18.7 Å². The van der Waals surface area contributed by atoms with Gasteiger partial charge in [-0.2, -0.15) is 0 Å². The Balaban J connectivity index is 0. The molecule has 0 amide bonds. The first-order valence-corrected chi connectivity index (χ1v) is 6.01. The Morgan fingerprint density at radius 1 is 1.25 bits per heavy atom. The van der Waals surface area contributed by atoms with Gasteiger partial charge in [-0.15, -0.1) is 6.58 Å². The standard InChI is InChI=1S/C8H10.C3H6O3S.Na/c1-7-5-3-4-6-8(7)2;1-2-3-7(4,5)6;/h3-6H,1-2H3;2H,1,3H2,(H,4,5,6);/q;;+1/p-1. The smallest absolute Gasteiger partial charge is 0.748 e. The molecule has 0 unspecified atom stereocenters. The SMILES string of the molecule is C=CCS(=O)(=O)[O-].Cc1ccccc1C.[Na+]. The largest absolute Gasteiger partial charge is 1.00 e. The van der Waals surface area contributed by atoms with Gasteiger partial charge in [0, 0.05) is 0 Å². The third-order valence-electron chi connectivity index (χ3n) is 1.75. The van der Waals surface area contributed by atoms with E-state index in [1.54, 1.807) is 0 Å². The molecule has 0 saturated heterocycles. The van der Waals surface area contributed by atoms with E-state index in [2.05, 4.69) is 44.7 Å². The van der Waals surface area contributed by atoms with Crippen molar-refractivity contribution in [2.45, 2.75) is 13.8 Å². The second-order valence-corrected chi connectivity index (χ2v) is 4.55. The fourth-order valence-electron chi connectivity index (χ4n) is 0.807. The van der Waals surface area contributed by atoms with Crippen molar-refractivity contribution in [2.24, 2.45) is 0 Å². The first-order chi connectivity index (χ1) is 6.87. The molecule has 1 aromatic carbocycles. The second kappa shape index (κ2) is 8.96. The molecule has 0 fully saturated rings. The monoisotopic (exact) mass is 250 g/mol. The molecular weight excluding hydrogens is 235 g/mol. The second-order valence-electron chi connectivity index (χ2n) is 3.10. The van der Waals surface area contributed by atoms with Crippen LogP contribution in [-0.2, 0) is 10.1 Å². The van der Waals surface area contributed by atoms with Crippen molar-refractivity contribution >= 4 is 10.1 Å². The van der Waals surface area contributed by atoms with Gasteiger partial charge in [-0.05, 0) is 25.0 Å². The molecule has 0 spiro atoms. The zero-order valence-corrected chi connectivity index (χ0v) is 12.8. The van der Waals surface area contributed by atoms with E-state index >= 15 is 0 Å². The van der Waals surface area contributed by atoms with Crippen molar-refractivity contribution in [1.29, 1.82) is 0 Å². The topological polar surface area (TPSA) is 57.2 Å². The number of aryl methyl sites for hydroxylation is 2. The Kier molecular flexibility index (Phi) is 10.2. The number of benzene rings is 1. The van der Waals surface area contributed by atoms with E-state index < -0.39 is 15.9 Å². The van der Waals surface area contributed by atoms with Crippen LogP contribution in [0.15, 0.2) is 36.9 Å². The molecule has 3 nitrogen and oxygen atoms in total. The number of hydrogen-bond acceptors (Lipinski definition) is 3. The summed E-state index contributed by atoms with van der Waals surface area (Å²) in [7, 11) is -4.04. The third-order valence-corrected chi connectivity index (χ3v) is 2.39. The van der Waals surface area contributed by atoms with Gasteiger partial charge in [-0.1, -0.05) is 30.3 Å². The van der Waals surface area contributed by atoms with E-state index in [1.165, 1.54) is 11.1 Å². The van der Waals surface area contributed by atoms with Crippen LogP contribution in [0.1, 0.15) is 11.1 Å². The van der Waals surface area contributed by atoms with Gasteiger partial charge in [0.2, 0.25) is 0 Å². The van der Waals surface area contributed by atoms with Gasteiger partial charge in [0.15, 0.2) is 0 Å². The summed E-state index contributed by atoms with van der Waals surface area (Å²) in [6, 6.07) is 8.36. The van der Waals surface area contributed by atoms with Gasteiger partial charge >= 0.3 is 29.6 Å². The first kappa shape index (κ1) is 18.2. The predicted octanol–water partition coefficient (Wildman–Crippen LogP) is -0.975. The Labute approximate surface area is 120 Å². The summed E-state index contributed by atoms with van der Waals surface area (Å²) < 4.78 is 28.8. The van der Waals surface area contributed by atoms with Crippen LogP contribution in [0.5, 0.6) is 0 Å². The van der Waals surface area contributed by atoms with Crippen LogP contribution in [0.3, 0.4) is 0 Å². The van der Waals surface area contributed by atoms with Gasteiger partial charge in [0.1, 0.15) is 0 Å². The number of hydrogen-bond donors (Lipinski definition) is 0. The number of rotatable bonds is 2. The summed E-state index contributed by atoms with van der Waals surface area (Å²) in [6.07, 6.45) is 1.06. The molecule has 84 valence electrons. The molecule has 0 aromatic heterocycles. The molecule has 0 radical (unpaired) electrons. The minimum Gasteiger partial charge on any atom is -0.748 e. The molecule has 0 saturated carbocycles. The summed E-state index contributed by atoms with van der Waals surface area (Å²) in [6.45, 7) is 7.31. The van der Waals surface area contributed by atoms with Crippen LogP contribution in [0.25, 0.3) is 0 Å². The van der Waals surface area contributed by atoms with Crippen molar-refractivity contribution in [3.63, 3.8) is 0 Å². The summed E-state index contributed by atoms with van der Waals surface area (Å²) in [5.74, 6) is -0.479. The van der Waals surface area contributed by atoms with Gasteiger partial charge in [-0.3, -0.25) is 0 Å². The molecule has 0 aliphatic rings. The summed E-state index contributed by atoms with van der Waals surface area (Å²) >= 11 is 0. The molecule has 0 bridgehead atoms. The normalized spacial score (nSPS) is 9.44. The summed E-state index contributed by atoms with van der Waals surface area (Å²) in [4.78, 5) is 0. The van der Waals surface area contributed by atoms with Crippen LogP contribution in [0.4, 0.5) is 0 Å². The quantitative estimate of drug-likeness (QED) is 0.385. The van der Waals surface area contributed by atoms with E-state index in [0.717, 1.165) is 6.08 Å². The third kappa shape index (κ3) is 10.4. The van der Waals surface area contributed by atoms with E-state index in [4.69, 9.17) is 0 Å². The average Bonchev–Trinajstić information content (AvgIpc) is 2.09. The molecule has 5 heteroatoms. The molecule has 0 atom stereocenters. The van der Waals surface area contributed by atoms with Gasteiger partial charge in [0.05, 0.1) is 15.9 Å². The van der Waals surface area contributed by atoms with Crippen LogP contribution in [0.2, 0.25) is 0 Å². The maximum atomic E-state index is 9.60. The fourth-order valence-corrected chi connectivity index (χ4v) is 1.10. The van der Waals surface area contributed by atoms with E-state index in [-0.39, 0.29) is 29.6 Å². The van der Waals surface area contributed by atoms with Crippen LogP contribution in [0, 0.1) is 13.8 Å². The molecule has 0 aliphatic carbocycles. The molecule has 1 rings (SSSR count). The van der Waals surface area contributed by atoms with Crippen molar-refractivity contribution in [2.75, 3.05) is 5.75 Å². The summed E-state index contributed by atoms with van der Waals surface area (Å²) in [5, 5.41) is 0. The van der Waals surface area contributed by atoms with Crippen molar-refractivity contribution in [3.8, 4) is 0 Å². The van der Waals surface area contributed by atoms with Gasteiger partial charge < -0.3 is 4.55 Å². The minimum absolute atomic E-state index is 0. The first-order valence-electron chi connectivity index (χ1n) is 4.43. The molecule has 0 heterocycles. The maximum Gasteiger partial charge on any atom is 1.00 e. The Hall–Kier alpha value is -0.130. The molecule has 0 N–H and O–H groups in total.